The minimum Gasteiger partial charge on any atom is -0.458 e. The molecular weight excluding hydrogens is 509 g/mol. The first-order chi connectivity index (χ1) is 19.6. The molecule has 3 heteroatoms. The normalized spacial score (nSPS) is 17.7. The summed E-state index contributed by atoms with van der Waals surface area (Å²) in [5, 5.41) is 0. The monoisotopic (exact) mass is 553 g/mol. The third-order valence-corrected chi connectivity index (χ3v) is 10.0. The van der Waals surface area contributed by atoms with Crippen LogP contribution in [0.15, 0.2) is 72.8 Å². The Labute approximate surface area is 253 Å². The van der Waals surface area contributed by atoms with Gasteiger partial charge in [-0.15, -0.1) is 0 Å². The van der Waals surface area contributed by atoms with E-state index in [4.69, 9.17) is 4.74 Å². The maximum absolute atomic E-state index is 6.84. The quantitative estimate of drug-likeness (QED) is 0.189. The Morgan fingerprint density at radius 3 is 1.90 bits per heavy atom. The summed E-state index contributed by atoms with van der Waals surface area (Å²) >= 11 is 0. The van der Waals surface area contributed by atoms with Crippen LogP contribution in [-0.4, -0.2) is 6.71 Å². The van der Waals surface area contributed by atoms with E-state index in [1.165, 1.54) is 55.7 Å². The van der Waals surface area contributed by atoms with Crippen LogP contribution in [0.5, 0.6) is 11.5 Å². The Morgan fingerprint density at radius 1 is 0.643 bits per heavy atom. The third-order valence-electron chi connectivity index (χ3n) is 10.0. The van der Waals surface area contributed by atoms with Crippen LogP contribution in [0.4, 0.5) is 17.1 Å². The zero-order chi connectivity index (χ0) is 30.0. The summed E-state index contributed by atoms with van der Waals surface area (Å²) in [7, 11) is 0. The number of ether oxygens (including phenoxy) is 1. The van der Waals surface area contributed by atoms with Gasteiger partial charge in [0.05, 0.1) is 0 Å². The molecule has 2 nitrogen and oxygen atoms in total. The van der Waals surface area contributed by atoms with Crippen LogP contribution in [-0.2, 0) is 21.7 Å². The lowest BCUT2D eigenvalue weighted by Crippen LogP contribution is -2.60. The zero-order valence-electron chi connectivity index (χ0n) is 27.1. The summed E-state index contributed by atoms with van der Waals surface area (Å²) < 4.78 is 6.84. The van der Waals surface area contributed by atoms with Crippen molar-refractivity contribution in [3.63, 3.8) is 0 Å². The van der Waals surface area contributed by atoms with Crippen molar-refractivity contribution in [2.24, 2.45) is 0 Å². The van der Waals surface area contributed by atoms with Gasteiger partial charge >= 0.3 is 0 Å². The number of anilines is 3. The Kier molecular flexibility index (Phi) is 5.58. The van der Waals surface area contributed by atoms with Crippen molar-refractivity contribution in [3.8, 4) is 11.5 Å². The van der Waals surface area contributed by atoms with Gasteiger partial charge in [-0.2, -0.15) is 0 Å². The molecule has 0 saturated heterocycles. The predicted octanol–water partition coefficient (Wildman–Crippen LogP) is 8.65. The number of nitrogens with zero attached hydrogens (tertiary/aromatic N) is 1. The highest BCUT2D eigenvalue weighted by Gasteiger charge is 2.47. The van der Waals surface area contributed by atoms with Gasteiger partial charge in [0.25, 0.3) is 6.71 Å². The molecule has 1 aliphatic carbocycles. The number of hydrogen-bond acceptors (Lipinski definition) is 2. The lowest BCUT2D eigenvalue weighted by molar-refractivity contribution is 0.402. The number of fused-ring (bicyclic) bond motifs is 5. The lowest BCUT2D eigenvalue weighted by Gasteiger charge is -2.41. The van der Waals surface area contributed by atoms with Gasteiger partial charge in [0.2, 0.25) is 0 Å². The van der Waals surface area contributed by atoms with Gasteiger partial charge in [0, 0.05) is 17.1 Å². The molecule has 3 aliphatic rings. The van der Waals surface area contributed by atoms with Gasteiger partial charge in [-0.3, -0.25) is 0 Å². The summed E-state index contributed by atoms with van der Waals surface area (Å²) in [6.07, 6.45) is 1.14. The maximum Gasteiger partial charge on any atom is 0.256 e. The van der Waals surface area contributed by atoms with Crippen molar-refractivity contribution in [2.45, 2.75) is 97.3 Å². The molecule has 4 aromatic rings. The summed E-state index contributed by atoms with van der Waals surface area (Å²) in [6, 6.07) is 27.8. The van der Waals surface area contributed by atoms with Crippen LogP contribution in [0.2, 0.25) is 0 Å². The minimum absolute atomic E-state index is 0.0476. The number of benzene rings is 4. The van der Waals surface area contributed by atoms with Gasteiger partial charge in [0.1, 0.15) is 11.5 Å². The van der Waals surface area contributed by atoms with Crippen molar-refractivity contribution in [2.75, 3.05) is 4.90 Å². The fraction of sp³-hybridized carbons (Fsp3) is 0.385. The van der Waals surface area contributed by atoms with Crippen molar-refractivity contribution in [1.29, 1.82) is 0 Å². The highest BCUT2D eigenvalue weighted by molar-refractivity contribution is 6.99. The Balaban J connectivity index is 1.50. The van der Waals surface area contributed by atoms with Gasteiger partial charge in [-0.25, -0.2) is 0 Å². The van der Waals surface area contributed by atoms with Crippen LogP contribution in [0.25, 0.3) is 0 Å². The highest BCUT2D eigenvalue weighted by Crippen LogP contribution is 2.51. The van der Waals surface area contributed by atoms with Crippen molar-refractivity contribution < 1.29 is 4.74 Å². The number of rotatable bonds is 1. The van der Waals surface area contributed by atoms with E-state index in [-0.39, 0.29) is 28.4 Å². The molecule has 0 bridgehead atoms. The van der Waals surface area contributed by atoms with E-state index in [0.29, 0.717) is 0 Å². The van der Waals surface area contributed by atoms with E-state index in [9.17, 15) is 0 Å². The average molecular weight is 554 g/mol. The average Bonchev–Trinajstić information content (AvgIpc) is 3.08. The smallest absolute Gasteiger partial charge is 0.256 e. The molecule has 2 aliphatic heterocycles. The first kappa shape index (κ1) is 27.4. The predicted molar refractivity (Wildman–Crippen MR) is 180 cm³/mol. The first-order valence-corrected chi connectivity index (χ1v) is 15.6. The molecule has 2 heterocycles. The van der Waals surface area contributed by atoms with Gasteiger partial charge in [-0.05, 0) is 103 Å². The Morgan fingerprint density at radius 2 is 1.26 bits per heavy atom. The molecule has 0 saturated carbocycles. The molecule has 214 valence electrons. The largest absolute Gasteiger partial charge is 0.458 e. The molecule has 0 unspecified atom stereocenters. The summed E-state index contributed by atoms with van der Waals surface area (Å²) in [6.45, 7) is 23.5. The fourth-order valence-corrected chi connectivity index (χ4v) is 8.00. The van der Waals surface area contributed by atoms with Crippen LogP contribution in [0.3, 0.4) is 0 Å². The fourth-order valence-electron chi connectivity index (χ4n) is 8.00. The van der Waals surface area contributed by atoms with E-state index >= 15 is 0 Å². The van der Waals surface area contributed by atoms with E-state index < -0.39 is 0 Å². The molecule has 0 N–H and O–H groups in total. The molecular formula is C39H44BNO. The topological polar surface area (TPSA) is 12.5 Å². The van der Waals surface area contributed by atoms with Crippen molar-refractivity contribution >= 4 is 40.2 Å². The van der Waals surface area contributed by atoms with Gasteiger partial charge < -0.3 is 9.64 Å². The van der Waals surface area contributed by atoms with E-state index in [1.807, 2.05) is 0 Å². The second-order valence-corrected chi connectivity index (χ2v) is 16.3. The molecule has 4 aromatic carbocycles. The highest BCUT2D eigenvalue weighted by atomic mass is 16.5. The van der Waals surface area contributed by atoms with Crippen molar-refractivity contribution in [1.82, 2.24) is 0 Å². The second kappa shape index (κ2) is 8.56. The van der Waals surface area contributed by atoms with Crippen molar-refractivity contribution in [3.05, 3.63) is 95.1 Å². The van der Waals surface area contributed by atoms with E-state index in [0.717, 1.165) is 17.9 Å². The maximum atomic E-state index is 6.84. The molecule has 0 fully saturated rings. The second-order valence-electron chi connectivity index (χ2n) is 16.3. The molecule has 0 spiro atoms. The van der Waals surface area contributed by atoms with Crippen LogP contribution in [0, 0.1) is 0 Å². The van der Waals surface area contributed by atoms with E-state index in [1.54, 1.807) is 0 Å². The van der Waals surface area contributed by atoms with E-state index in [2.05, 4.69) is 147 Å². The van der Waals surface area contributed by atoms with Crippen LogP contribution in [0.1, 0.15) is 97.9 Å². The molecule has 7 rings (SSSR count). The molecule has 0 aromatic heterocycles. The standard InChI is InChI=1S/C39H44BNO/c1-36(2,3)24-14-17-26(18-15-24)41-31-19-16-25(37(4,5)6)20-29(31)40-30-21-27-28(39(9,10)23-38(27,7)8)22-34(30)42-33-13-11-12-32(41)35(33)40/h11-22H,23H2,1-10H3. The van der Waals surface area contributed by atoms with Gasteiger partial charge in [0.15, 0.2) is 0 Å². The Hall–Kier alpha value is -3.46. The lowest BCUT2D eigenvalue weighted by atomic mass is 9.33. The summed E-state index contributed by atoms with van der Waals surface area (Å²) in [5.74, 6) is 1.99. The molecule has 0 radical (unpaired) electrons. The summed E-state index contributed by atoms with van der Waals surface area (Å²) in [5.41, 5.74) is 13.6. The minimum atomic E-state index is 0.0476. The number of hydrogen-bond donors (Lipinski definition) is 0. The third kappa shape index (κ3) is 3.99. The van der Waals surface area contributed by atoms with Crippen LogP contribution < -0.4 is 26.0 Å². The molecule has 42 heavy (non-hydrogen) atoms. The Bertz CT molecular complexity index is 1750. The first-order valence-electron chi connectivity index (χ1n) is 15.6. The molecule has 0 amide bonds. The SMILES string of the molecule is CC(C)(C)c1ccc(N2c3ccc(C(C)(C)C)cc3B3c4cc5c(cc4Oc4cccc2c43)C(C)(C)CC5(C)C)cc1. The zero-order valence-corrected chi connectivity index (χ0v) is 27.1. The molecule has 0 atom stereocenters. The summed E-state index contributed by atoms with van der Waals surface area (Å²) in [4.78, 5) is 2.46. The van der Waals surface area contributed by atoms with Gasteiger partial charge in [-0.1, -0.05) is 106 Å². The van der Waals surface area contributed by atoms with Crippen LogP contribution >= 0.6 is 0 Å².